The molecule has 2 N–H and O–H groups in total. The van der Waals surface area contributed by atoms with E-state index in [9.17, 15) is 9.59 Å². The van der Waals surface area contributed by atoms with Crippen molar-refractivity contribution in [2.24, 2.45) is 5.92 Å². The SMILES string of the molecule is CCOC(=O)c1c(NC(=O)CNc2ccc(C)c(Cl)c2)sc2c1CC[C@H](C)C2. The van der Waals surface area contributed by atoms with Crippen LogP contribution in [0.15, 0.2) is 18.2 Å². The van der Waals surface area contributed by atoms with E-state index in [0.29, 0.717) is 28.1 Å². The third-order valence-corrected chi connectivity index (χ3v) is 6.45. The van der Waals surface area contributed by atoms with Gasteiger partial charge in [-0.05, 0) is 62.3 Å². The highest BCUT2D eigenvalue weighted by Gasteiger charge is 2.29. The molecule has 1 aromatic carbocycles. The number of nitrogens with one attached hydrogen (secondary N) is 2. The molecule has 0 bridgehead atoms. The van der Waals surface area contributed by atoms with Crippen LogP contribution in [0.4, 0.5) is 10.7 Å². The van der Waals surface area contributed by atoms with Crippen LogP contribution in [-0.2, 0) is 22.4 Å². The quantitative estimate of drug-likeness (QED) is 0.641. The Kier molecular flexibility index (Phi) is 6.62. The second kappa shape index (κ2) is 8.97. The lowest BCUT2D eigenvalue weighted by molar-refractivity contribution is -0.114. The summed E-state index contributed by atoms with van der Waals surface area (Å²) >= 11 is 7.62. The molecular formula is C21H25ClN2O3S. The first-order valence-electron chi connectivity index (χ1n) is 9.50. The smallest absolute Gasteiger partial charge is 0.341 e. The molecule has 1 aliphatic carbocycles. The molecule has 0 unspecified atom stereocenters. The number of anilines is 2. The van der Waals surface area contributed by atoms with Gasteiger partial charge in [-0.3, -0.25) is 4.79 Å². The predicted octanol–water partition coefficient (Wildman–Crippen LogP) is 5.06. The number of hydrogen-bond donors (Lipinski definition) is 2. The van der Waals surface area contributed by atoms with Gasteiger partial charge < -0.3 is 15.4 Å². The van der Waals surface area contributed by atoms with Gasteiger partial charge in [0.25, 0.3) is 0 Å². The highest BCUT2D eigenvalue weighted by atomic mass is 35.5. The number of benzene rings is 1. The molecular weight excluding hydrogens is 396 g/mol. The molecule has 150 valence electrons. The average molecular weight is 421 g/mol. The first kappa shape index (κ1) is 20.7. The van der Waals surface area contributed by atoms with E-state index in [4.69, 9.17) is 16.3 Å². The fourth-order valence-corrected chi connectivity index (χ4v) is 4.91. The molecule has 0 fully saturated rings. The van der Waals surface area contributed by atoms with Crippen LogP contribution >= 0.6 is 22.9 Å². The van der Waals surface area contributed by atoms with E-state index in [-0.39, 0.29) is 18.4 Å². The molecule has 2 aromatic rings. The van der Waals surface area contributed by atoms with Crippen molar-refractivity contribution in [1.82, 2.24) is 0 Å². The third-order valence-electron chi connectivity index (χ3n) is 4.87. The number of ether oxygens (including phenoxy) is 1. The van der Waals surface area contributed by atoms with E-state index in [0.717, 1.165) is 36.1 Å². The van der Waals surface area contributed by atoms with E-state index in [1.165, 1.54) is 16.2 Å². The largest absolute Gasteiger partial charge is 0.462 e. The molecule has 1 heterocycles. The maximum Gasteiger partial charge on any atom is 0.341 e. The Bertz CT molecular complexity index is 894. The molecule has 3 rings (SSSR count). The number of rotatable bonds is 6. The molecule has 1 amide bonds. The normalized spacial score (nSPS) is 15.6. The Hall–Kier alpha value is -2.05. The Morgan fingerprint density at radius 2 is 2.14 bits per heavy atom. The van der Waals surface area contributed by atoms with Crippen molar-refractivity contribution >= 4 is 45.5 Å². The number of fused-ring (bicyclic) bond motifs is 1. The molecule has 5 nitrogen and oxygen atoms in total. The van der Waals surface area contributed by atoms with Gasteiger partial charge in [-0.1, -0.05) is 24.6 Å². The molecule has 1 aliphatic rings. The zero-order valence-electron chi connectivity index (χ0n) is 16.4. The molecule has 0 aliphatic heterocycles. The zero-order chi connectivity index (χ0) is 20.3. The number of esters is 1. The van der Waals surface area contributed by atoms with Crippen LogP contribution in [0.5, 0.6) is 0 Å². The van der Waals surface area contributed by atoms with Crippen LogP contribution in [0.25, 0.3) is 0 Å². The zero-order valence-corrected chi connectivity index (χ0v) is 17.9. The Labute approximate surface area is 174 Å². The average Bonchev–Trinajstić information content (AvgIpc) is 2.99. The Morgan fingerprint density at radius 1 is 1.36 bits per heavy atom. The van der Waals surface area contributed by atoms with Gasteiger partial charge in [0.2, 0.25) is 5.91 Å². The summed E-state index contributed by atoms with van der Waals surface area (Å²) in [4.78, 5) is 26.2. The number of carbonyl (C=O) groups is 2. The molecule has 0 saturated heterocycles. The van der Waals surface area contributed by atoms with Crippen LogP contribution < -0.4 is 10.6 Å². The minimum atomic E-state index is -0.358. The first-order valence-corrected chi connectivity index (χ1v) is 10.7. The van der Waals surface area contributed by atoms with Gasteiger partial charge in [0.05, 0.1) is 18.7 Å². The number of hydrogen-bond acceptors (Lipinski definition) is 5. The van der Waals surface area contributed by atoms with Gasteiger partial charge in [0.15, 0.2) is 0 Å². The summed E-state index contributed by atoms with van der Waals surface area (Å²) in [5, 5.41) is 7.21. The molecule has 0 radical (unpaired) electrons. The van der Waals surface area contributed by atoms with E-state index < -0.39 is 0 Å². The highest BCUT2D eigenvalue weighted by Crippen LogP contribution is 2.40. The van der Waals surface area contributed by atoms with Crippen molar-refractivity contribution in [1.29, 1.82) is 0 Å². The summed E-state index contributed by atoms with van der Waals surface area (Å²) in [7, 11) is 0. The van der Waals surface area contributed by atoms with Crippen LogP contribution in [0.2, 0.25) is 5.02 Å². The molecule has 1 atom stereocenters. The Morgan fingerprint density at radius 3 is 2.86 bits per heavy atom. The summed E-state index contributed by atoms with van der Waals surface area (Å²) in [5.41, 5.74) is 3.32. The topological polar surface area (TPSA) is 67.4 Å². The van der Waals surface area contributed by atoms with Crippen molar-refractivity contribution in [3.63, 3.8) is 0 Å². The molecule has 0 spiro atoms. The van der Waals surface area contributed by atoms with Crippen molar-refractivity contribution in [2.75, 3.05) is 23.8 Å². The minimum absolute atomic E-state index is 0.0840. The summed E-state index contributed by atoms with van der Waals surface area (Å²) in [5.74, 6) is 0.00900. The lowest BCUT2D eigenvalue weighted by Gasteiger charge is -2.18. The van der Waals surface area contributed by atoms with Crippen LogP contribution in [-0.4, -0.2) is 25.0 Å². The van der Waals surface area contributed by atoms with Gasteiger partial charge in [-0.15, -0.1) is 11.3 Å². The Balaban J connectivity index is 1.74. The number of thiophene rings is 1. The van der Waals surface area contributed by atoms with Crippen LogP contribution in [0.1, 0.15) is 46.6 Å². The number of amides is 1. The van der Waals surface area contributed by atoms with Crippen LogP contribution in [0.3, 0.4) is 0 Å². The van der Waals surface area contributed by atoms with Crippen molar-refractivity contribution in [3.8, 4) is 0 Å². The third kappa shape index (κ3) is 4.67. The number of carbonyl (C=O) groups excluding carboxylic acids is 2. The second-order valence-corrected chi connectivity index (χ2v) is 8.65. The second-order valence-electron chi connectivity index (χ2n) is 7.14. The maximum absolute atomic E-state index is 12.5. The summed E-state index contributed by atoms with van der Waals surface area (Å²) in [6.45, 7) is 6.31. The van der Waals surface area contributed by atoms with E-state index >= 15 is 0 Å². The van der Waals surface area contributed by atoms with Crippen molar-refractivity contribution in [3.05, 3.63) is 44.8 Å². The maximum atomic E-state index is 12.5. The van der Waals surface area contributed by atoms with Gasteiger partial charge >= 0.3 is 5.97 Å². The molecule has 28 heavy (non-hydrogen) atoms. The van der Waals surface area contributed by atoms with E-state index in [1.54, 1.807) is 13.0 Å². The van der Waals surface area contributed by atoms with Gasteiger partial charge in [-0.25, -0.2) is 4.79 Å². The predicted molar refractivity (Wildman–Crippen MR) is 115 cm³/mol. The fraction of sp³-hybridized carbons (Fsp3) is 0.429. The highest BCUT2D eigenvalue weighted by molar-refractivity contribution is 7.17. The van der Waals surface area contributed by atoms with E-state index in [2.05, 4.69) is 17.6 Å². The summed E-state index contributed by atoms with van der Waals surface area (Å²) in [6.07, 6.45) is 2.82. The molecule has 7 heteroatoms. The monoisotopic (exact) mass is 420 g/mol. The van der Waals surface area contributed by atoms with Crippen molar-refractivity contribution < 1.29 is 14.3 Å². The van der Waals surface area contributed by atoms with Gasteiger partial charge in [0, 0.05) is 15.6 Å². The van der Waals surface area contributed by atoms with Gasteiger partial charge in [-0.2, -0.15) is 0 Å². The van der Waals surface area contributed by atoms with Crippen molar-refractivity contribution in [2.45, 2.75) is 40.0 Å². The number of halogens is 1. The number of aryl methyl sites for hydroxylation is 1. The first-order chi connectivity index (χ1) is 13.4. The minimum Gasteiger partial charge on any atom is -0.462 e. The molecule has 1 aromatic heterocycles. The fourth-order valence-electron chi connectivity index (χ4n) is 3.31. The van der Waals surface area contributed by atoms with E-state index in [1.807, 2.05) is 19.1 Å². The summed E-state index contributed by atoms with van der Waals surface area (Å²) < 4.78 is 5.24. The standard InChI is InChI=1S/C21H25ClN2O3S/c1-4-27-21(26)19-15-8-5-12(2)9-17(15)28-20(19)24-18(25)11-23-14-7-6-13(3)16(22)10-14/h6-7,10,12,23H,4-5,8-9,11H2,1-3H3,(H,24,25)/t12-/m0/s1. The molecule has 0 saturated carbocycles. The summed E-state index contributed by atoms with van der Waals surface area (Å²) in [6, 6.07) is 5.57. The van der Waals surface area contributed by atoms with Crippen LogP contribution in [0, 0.1) is 12.8 Å². The lowest BCUT2D eigenvalue weighted by atomic mass is 9.88. The van der Waals surface area contributed by atoms with Gasteiger partial charge in [0.1, 0.15) is 5.00 Å². The lowest BCUT2D eigenvalue weighted by Crippen LogP contribution is -2.22.